The van der Waals surface area contributed by atoms with Crippen molar-refractivity contribution >= 4 is 5.97 Å². The Morgan fingerprint density at radius 2 is 1.65 bits per heavy atom. The van der Waals surface area contributed by atoms with E-state index in [9.17, 15) is 40.5 Å². The fourth-order valence-corrected chi connectivity index (χ4v) is 11.9. The fourth-order valence-electron chi connectivity index (χ4n) is 11.9. The number of esters is 1. The van der Waals surface area contributed by atoms with Crippen molar-refractivity contribution in [2.75, 3.05) is 13.2 Å². The largest absolute Gasteiger partial charge is 0.432 e. The molecule has 0 bridgehead atoms. The first-order chi connectivity index (χ1) is 21.5. The van der Waals surface area contributed by atoms with Crippen LogP contribution in [0.5, 0.6) is 0 Å². The summed E-state index contributed by atoms with van der Waals surface area (Å²) in [5.41, 5.74) is -0.363. The van der Waals surface area contributed by atoms with Gasteiger partial charge in [-0.25, -0.2) is 0 Å². The first kappa shape index (κ1) is 34.5. The Labute approximate surface area is 272 Å². The molecule has 260 valence electrons. The third-order valence-corrected chi connectivity index (χ3v) is 15.1. The number of aliphatic hydroxyl groups is 7. The Morgan fingerprint density at radius 1 is 0.957 bits per heavy atom. The smallest absolute Gasteiger partial charge is 0.315 e. The van der Waals surface area contributed by atoms with Gasteiger partial charge >= 0.3 is 5.97 Å². The van der Waals surface area contributed by atoms with Crippen LogP contribution in [-0.2, 0) is 14.3 Å². The second-order valence-corrected chi connectivity index (χ2v) is 16.9. The van der Waals surface area contributed by atoms with Crippen molar-refractivity contribution in [3.8, 4) is 0 Å². The molecule has 5 aliphatic carbocycles. The second kappa shape index (κ2) is 11.3. The lowest BCUT2D eigenvalue weighted by Crippen LogP contribution is -2.68. The highest BCUT2D eigenvalue weighted by molar-refractivity contribution is 5.80. The molecule has 16 atom stereocenters. The van der Waals surface area contributed by atoms with Crippen molar-refractivity contribution in [2.24, 2.45) is 50.7 Å². The Kier molecular flexibility index (Phi) is 8.50. The van der Waals surface area contributed by atoms with Crippen LogP contribution in [0.25, 0.3) is 0 Å². The van der Waals surface area contributed by atoms with E-state index in [-0.39, 0.29) is 46.5 Å². The first-order valence-corrected chi connectivity index (χ1v) is 17.3. The van der Waals surface area contributed by atoms with Gasteiger partial charge in [0.15, 0.2) is 0 Å². The minimum absolute atomic E-state index is 0.0425. The molecule has 6 rings (SSSR count). The number of aliphatic hydroxyl groups excluding tert-OH is 7. The van der Waals surface area contributed by atoms with Gasteiger partial charge in [0.25, 0.3) is 0 Å². The minimum atomic E-state index is -1.67. The predicted molar refractivity (Wildman–Crippen MR) is 168 cm³/mol. The van der Waals surface area contributed by atoms with Gasteiger partial charge in [-0.05, 0) is 85.4 Å². The quantitative estimate of drug-likeness (QED) is 0.177. The van der Waals surface area contributed by atoms with Gasteiger partial charge in [-0.3, -0.25) is 4.79 Å². The molecule has 1 aliphatic heterocycles. The monoisotopic (exact) mass is 648 g/mol. The van der Waals surface area contributed by atoms with Crippen molar-refractivity contribution in [3.05, 3.63) is 23.8 Å². The molecule has 4 saturated carbocycles. The Balaban J connectivity index is 1.37. The average molecular weight is 649 g/mol. The summed E-state index contributed by atoms with van der Waals surface area (Å²) in [6, 6.07) is 0. The van der Waals surface area contributed by atoms with Crippen LogP contribution >= 0.6 is 0 Å². The van der Waals surface area contributed by atoms with E-state index < -0.39 is 66.3 Å². The van der Waals surface area contributed by atoms with Gasteiger partial charge in [0.05, 0.1) is 30.8 Å². The van der Waals surface area contributed by atoms with E-state index in [2.05, 4.69) is 40.3 Å². The van der Waals surface area contributed by atoms with Crippen LogP contribution in [0, 0.1) is 50.7 Å². The SMILES string of the molecule is C=C1[C@H]2C3=CC[C@@H]4[C@@]5(C)C[C@@H](O)[C@@H](O)C(C)(CO)C5CC[C@@]4(C)[C@]3(C)CC[C@@]2(C(=O)O[C@@H]2O[C@H](CO)[C@@H](O)[C@H](O)[C@H]2O)CC[C@H]1C. The van der Waals surface area contributed by atoms with Crippen LogP contribution in [0.15, 0.2) is 23.8 Å². The second-order valence-electron chi connectivity index (χ2n) is 16.9. The number of fused-ring (bicyclic) bond motifs is 7. The van der Waals surface area contributed by atoms with Crippen LogP contribution in [0.1, 0.15) is 86.0 Å². The van der Waals surface area contributed by atoms with Gasteiger partial charge in [-0.2, -0.15) is 0 Å². The molecule has 0 amide bonds. The van der Waals surface area contributed by atoms with Crippen LogP contribution in [0.2, 0.25) is 0 Å². The van der Waals surface area contributed by atoms with Crippen LogP contribution in [-0.4, -0.2) is 97.8 Å². The Bertz CT molecular complexity index is 1270. The first-order valence-electron chi connectivity index (χ1n) is 17.3. The molecule has 0 aromatic heterocycles. The van der Waals surface area contributed by atoms with Crippen molar-refractivity contribution in [1.82, 2.24) is 0 Å². The summed E-state index contributed by atoms with van der Waals surface area (Å²) >= 11 is 0. The maximum Gasteiger partial charge on any atom is 0.315 e. The molecule has 10 heteroatoms. The number of hydrogen-bond acceptors (Lipinski definition) is 10. The molecule has 0 spiro atoms. The van der Waals surface area contributed by atoms with E-state index in [0.29, 0.717) is 19.3 Å². The maximum absolute atomic E-state index is 14.4. The summed E-state index contributed by atoms with van der Waals surface area (Å²) in [5.74, 6) is -0.411. The zero-order chi connectivity index (χ0) is 33.8. The van der Waals surface area contributed by atoms with E-state index in [1.807, 2.05) is 6.92 Å². The fraction of sp³-hybridized carbons (Fsp3) is 0.861. The van der Waals surface area contributed by atoms with Gasteiger partial charge in [-0.15, -0.1) is 0 Å². The lowest BCUT2D eigenvalue weighted by Gasteiger charge is -2.71. The number of ether oxygens (including phenoxy) is 2. The number of allylic oxidation sites excluding steroid dienone is 3. The zero-order valence-corrected chi connectivity index (χ0v) is 28.1. The van der Waals surface area contributed by atoms with Crippen molar-refractivity contribution < 1.29 is 50.0 Å². The van der Waals surface area contributed by atoms with Crippen molar-refractivity contribution in [1.29, 1.82) is 0 Å². The minimum Gasteiger partial charge on any atom is -0.432 e. The molecule has 7 N–H and O–H groups in total. The molecule has 1 heterocycles. The maximum atomic E-state index is 14.4. The summed E-state index contributed by atoms with van der Waals surface area (Å²) in [5, 5.41) is 73.7. The highest BCUT2D eigenvalue weighted by atomic mass is 16.7. The Hall–Kier alpha value is -1.37. The molecule has 46 heavy (non-hydrogen) atoms. The molecule has 0 aromatic rings. The van der Waals surface area contributed by atoms with Crippen molar-refractivity contribution in [3.63, 3.8) is 0 Å². The number of carbonyl (C=O) groups excluding carboxylic acids is 1. The standard InChI is InChI=1S/C36H56O10/c1-18-9-12-36(31(44)46-30-28(42)27(41)26(40)22(16-37)45-30)14-13-34(5)20(25(36)19(18)2)7-8-24-32(3)15-21(39)29(43)33(4,17-38)23(32)10-11-35(24,34)6/h7,18,21-30,37-43H,2,8-17H2,1,3-6H3/t18-,21-,22-,23?,24-,25+,26-,27+,28-,29-,30+,32+,33?,34-,35-,36+/m1/s1. The van der Waals surface area contributed by atoms with Crippen LogP contribution in [0.4, 0.5) is 0 Å². The van der Waals surface area contributed by atoms with Crippen LogP contribution < -0.4 is 0 Å². The van der Waals surface area contributed by atoms with Gasteiger partial charge in [0.2, 0.25) is 6.29 Å². The molecule has 10 nitrogen and oxygen atoms in total. The molecular formula is C36H56O10. The molecule has 0 aromatic carbocycles. The molecule has 2 unspecified atom stereocenters. The van der Waals surface area contributed by atoms with Gasteiger partial charge < -0.3 is 45.2 Å². The van der Waals surface area contributed by atoms with Crippen LogP contribution in [0.3, 0.4) is 0 Å². The summed E-state index contributed by atoms with van der Waals surface area (Å²) in [7, 11) is 0. The summed E-state index contributed by atoms with van der Waals surface area (Å²) in [6.07, 6.45) is -1.67. The van der Waals surface area contributed by atoms with E-state index in [0.717, 1.165) is 37.7 Å². The van der Waals surface area contributed by atoms with E-state index in [4.69, 9.17) is 9.47 Å². The third-order valence-electron chi connectivity index (χ3n) is 15.1. The topological polar surface area (TPSA) is 177 Å². The number of carbonyl (C=O) groups is 1. The van der Waals surface area contributed by atoms with Gasteiger partial charge in [0.1, 0.15) is 24.4 Å². The third kappa shape index (κ3) is 4.40. The zero-order valence-electron chi connectivity index (χ0n) is 28.1. The van der Waals surface area contributed by atoms with Gasteiger partial charge in [0, 0.05) is 11.3 Å². The molecule has 0 radical (unpaired) electrons. The summed E-state index contributed by atoms with van der Waals surface area (Å²) in [6.45, 7) is 14.8. The summed E-state index contributed by atoms with van der Waals surface area (Å²) < 4.78 is 11.5. The highest BCUT2D eigenvalue weighted by Crippen LogP contribution is 2.75. The lowest BCUT2D eigenvalue weighted by molar-refractivity contribution is -0.297. The van der Waals surface area contributed by atoms with E-state index >= 15 is 0 Å². The predicted octanol–water partition coefficient (Wildman–Crippen LogP) is 2.21. The number of hydrogen-bond donors (Lipinski definition) is 7. The molecule has 6 aliphatic rings. The normalized spacial score (nSPS) is 55.3. The van der Waals surface area contributed by atoms with E-state index in [1.54, 1.807) is 0 Å². The van der Waals surface area contributed by atoms with E-state index in [1.165, 1.54) is 5.57 Å². The number of rotatable bonds is 4. The van der Waals surface area contributed by atoms with Crippen molar-refractivity contribution in [2.45, 2.75) is 129 Å². The highest BCUT2D eigenvalue weighted by Gasteiger charge is 2.71. The lowest BCUT2D eigenvalue weighted by atomic mass is 9.33. The average Bonchev–Trinajstić information content (AvgIpc) is 3.02. The Morgan fingerprint density at radius 3 is 2.30 bits per heavy atom. The van der Waals surface area contributed by atoms with Gasteiger partial charge in [-0.1, -0.05) is 58.4 Å². The molecule has 1 saturated heterocycles. The summed E-state index contributed by atoms with van der Waals surface area (Å²) in [4.78, 5) is 14.4. The molecular weight excluding hydrogens is 592 g/mol. The molecule has 5 fully saturated rings.